The Balaban J connectivity index is 4.28. The van der Waals surface area contributed by atoms with Gasteiger partial charge in [0.25, 0.3) is 0 Å². The van der Waals surface area contributed by atoms with Gasteiger partial charge in [0.1, 0.15) is 13.2 Å². The van der Waals surface area contributed by atoms with Crippen LogP contribution < -0.4 is 0 Å². The van der Waals surface area contributed by atoms with E-state index >= 15 is 0 Å². The summed E-state index contributed by atoms with van der Waals surface area (Å²) in [6.07, 6.45) is 55.2. The van der Waals surface area contributed by atoms with Gasteiger partial charge in [0, 0.05) is 19.3 Å². The van der Waals surface area contributed by atoms with Crippen LogP contribution in [0.5, 0.6) is 0 Å². The zero-order chi connectivity index (χ0) is 45.9. The number of ether oxygens (including phenoxy) is 3. The number of carbonyl (C=O) groups excluding carboxylic acids is 3. The van der Waals surface area contributed by atoms with Gasteiger partial charge in [-0.2, -0.15) is 0 Å². The number of esters is 3. The van der Waals surface area contributed by atoms with Gasteiger partial charge >= 0.3 is 17.9 Å². The molecule has 0 saturated carbocycles. The lowest BCUT2D eigenvalue weighted by Gasteiger charge is -2.18. The maximum Gasteiger partial charge on any atom is 0.306 e. The van der Waals surface area contributed by atoms with Crippen LogP contribution in [0.1, 0.15) is 323 Å². The van der Waals surface area contributed by atoms with Crippen LogP contribution in [-0.2, 0) is 28.6 Å². The van der Waals surface area contributed by atoms with E-state index in [1.54, 1.807) is 0 Å². The lowest BCUT2D eigenvalue weighted by atomic mass is 10.0. The molecule has 0 spiro atoms. The molecule has 0 aliphatic rings. The van der Waals surface area contributed by atoms with E-state index in [1.165, 1.54) is 218 Å². The minimum atomic E-state index is -0.762. The molecule has 0 aromatic heterocycles. The summed E-state index contributed by atoms with van der Waals surface area (Å²) in [5.41, 5.74) is 0. The van der Waals surface area contributed by atoms with Crippen molar-refractivity contribution in [1.29, 1.82) is 0 Å². The monoisotopic (exact) mass is 891 g/mol. The summed E-state index contributed by atoms with van der Waals surface area (Å²) < 4.78 is 16.9. The third-order valence-corrected chi connectivity index (χ3v) is 13.0. The van der Waals surface area contributed by atoms with Crippen molar-refractivity contribution >= 4 is 17.9 Å². The molecule has 0 fully saturated rings. The Labute approximate surface area is 393 Å². The van der Waals surface area contributed by atoms with Gasteiger partial charge in [-0.1, -0.05) is 285 Å². The first kappa shape index (κ1) is 61.4. The van der Waals surface area contributed by atoms with Gasteiger partial charge in [0.2, 0.25) is 0 Å². The van der Waals surface area contributed by atoms with Gasteiger partial charge in [-0.15, -0.1) is 0 Å². The zero-order valence-electron chi connectivity index (χ0n) is 43.0. The minimum Gasteiger partial charge on any atom is -0.462 e. The highest BCUT2D eigenvalue weighted by atomic mass is 16.6. The molecule has 0 aromatic rings. The third-order valence-electron chi connectivity index (χ3n) is 13.0. The van der Waals surface area contributed by atoms with Crippen LogP contribution in [0.15, 0.2) is 0 Å². The van der Waals surface area contributed by atoms with Gasteiger partial charge < -0.3 is 14.2 Å². The molecule has 0 aliphatic carbocycles. The Morgan fingerprint density at radius 2 is 0.524 bits per heavy atom. The van der Waals surface area contributed by atoms with Crippen LogP contribution >= 0.6 is 0 Å². The predicted octanol–water partition coefficient (Wildman–Crippen LogP) is 18.6. The number of rotatable bonds is 52. The molecule has 0 aromatic carbocycles. The van der Waals surface area contributed by atoms with E-state index in [-0.39, 0.29) is 31.1 Å². The standard InChI is InChI=1S/C57H110O6/c1-5-7-9-11-13-15-17-19-21-22-23-25-27-29-33-38-42-46-50-57(60)63-54(52-62-56(59)49-45-41-37-34-30-31-35-39-43-47-53(3)4)51-61-55(58)48-44-40-36-32-28-26-24-20-18-16-14-12-10-8-6-2/h53-54H,5-52H2,1-4H3/t54-/m1/s1. The Morgan fingerprint density at radius 3 is 0.778 bits per heavy atom. The van der Waals surface area contributed by atoms with Crippen LogP contribution in [0.2, 0.25) is 0 Å². The summed E-state index contributed by atoms with van der Waals surface area (Å²) in [5.74, 6) is -0.0300. The van der Waals surface area contributed by atoms with Crippen molar-refractivity contribution in [3.05, 3.63) is 0 Å². The van der Waals surface area contributed by atoms with E-state index in [2.05, 4.69) is 27.7 Å². The van der Waals surface area contributed by atoms with Crippen molar-refractivity contribution in [2.45, 2.75) is 329 Å². The van der Waals surface area contributed by atoms with Gasteiger partial charge in [-0.05, 0) is 25.2 Å². The molecule has 0 heterocycles. The highest BCUT2D eigenvalue weighted by Gasteiger charge is 2.19. The van der Waals surface area contributed by atoms with Crippen LogP contribution in [-0.4, -0.2) is 37.2 Å². The molecule has 1 atom stereocenters. The summed E-state index contributed by atoms with van der Waals surface area (Å²) in [5, 5.41) is 0. The molecule has 6 heteroatoms. The average Bonchev–Trinajstić information content (AvgIpc) is 3.27. The van der Waals surface area contributed by atoms with Crippen LogP contribution in [0.25, 0.3) is 0 Å². The molecule has 374 valence electrons. The molecule has 0 amide bonds. The second-order valence-corrected chi connectivity index (χ2v) is 20.1. The van der Waals surface area contributed by atoms with Gasteiger partial charge in [-0.3, -0.25) is 14.4 Å². The van der Waals surface area contributed by atoms with Crippen molar-refractivity contribution in [1.82, 2.24) is 0 Å². The molecule has 0 bridgehead atoms. The van der Waals surface area contributed by atoms with E-state index < -0.39 is 6.10 Å². The fraction of sp³-hybridized carbons (Fsp3) is 0.947. The summed E-state index contributed by atoms with van der Waals surface area (Å²) in [6, 6.07) is 0. The number of unbranched alkanes of at least 4 members (excludes halogenated alkanes) is 39. The third kappa shape index (κ3) is 51.3. The van der Waals surface area contributed by atoms with E-state index in [0.29, 0.717) is 19.3 Å². The molecule has 0 radical (unpaired) electrons. The van der Waals surface area contributed by atoms with Crippen molar-refractivity contribution in [3.63, 3.8) is 0 Å². The van der Waals surface area contributed by atoms with Gasteiger partial charge in [0.15, 0.2) is 6.10 Å². The highest BCUT2D eigenvalue weighted by Crippen LogP contribution is 2.18. The second kappa shape index (κ2) is 51.4. The lowest BCUT2D eigenvalue weighted by molar-refractivity contribution is -0.167. The molecular formula is C57H110O6. The smallest absolute Gasteiger partial charge is 0.306 e. The first-order chi connectivity index (χ1) is 30.9. The minimum absolute atomic E-state index is 0.0623. The van der Waals surface area contributed by atoms with Crippen LogP contribution in [0.4, 0.5) is 0 Å². The molecule has 0 unspecified atom stereocenters. The van der Waals surface area contributed by atoms with Crippen molar-refractivity contribution in [2.24, 2.45) is 5.92 Å². The Kier molecular flexibility index (Phi) is 50.1. The topological polar surface area (TPSA) is 78.9 Å². The average molecular weight is 892 g/mol. The maximum absolute atomic E-state index is 12.8. The van der Waals surface area contributed by atoms with E-state index in [0.717, 1.165) is 63.7 Å². The van der Waals surface area contributed by atoms with Gasteiger partial charge in [-0.25, -0.2) is 0 Å². The predicted molar refractivity (Wildman–Crippen MR) is 270 cm³/mol. The van der Waals surface area contributed by atoms with Crippen molar-refractivity contribution in [3.8, 4) is 0 Å². The molecular weight excluding hydrogens is 781 g/mol. The molecule has 0 rings (SSSR count). The van der Waals surface area contributed by atoms with Gasteiger partial charge in [0.05, 0.1) is 0 Å². The lowest BCUT2D eigenvalue weighted by Crippen LogP contribution is -2.30. The first-order valence-corrected chi connectivity index (χ1v) is 28.4. The summed E-state index contributed by atoms with van der Waals surface area (Å²) in [4.78, 5) is 38.1. The van der Waals surface area contributed by atoms with Crippen molar-refractivity contribution < 1.29 is 28.6 Å². The number of carbonyl (C=O) groups is 3. The first-order valence-electron chi connectivity index (χ1n) is 28.4. The highest BCUT2D eigenvalue weighted by molar-refractivity contribution is 5.71. The Morgan fingerprint density at radius 1 is 0.302 bits per heavy atom. The normalized spacial score (nSPS) is 12.0. The Hall–Kier alpha value is -1.59. The molecule has 0 aliphatic heterocycles. The van der Waals surface area contributed by atoms with E-state index in [1.807, 2.05) is 0 Å². The largest absolute Gasteiger partial charge is 0.462 e. The van der Waals surface area contributed by atoms with E-state index in [9.17, 15) is 14.4 Å². The number of hydrogen-bond acceptors (Lipinski definition) is 6. The maximum atomic E-state index is 12.8. The molecule has 0 N–H and O–H groups in total. The van der Waals surface area contributed by atoms with Crippen LogP contribution in [0, 0.1) is 5.92 Å². The van der Waals surface area contributed by atoms with Crippen LogP contribution in [0.3, 0.4) is 0 Å². The fourth-order valence-electron chi connectivity index (χ4n) is 8.75. The van der Waals surface area contributed by atoms with E-state index in [4.69, 9.17) is 14.2 Å². The summed E-state index contributed by atoms with van der Waals surface area (Å²) in [6.45, 7) is 9.03. The second-order valence-electron chi connectivity index (χ2n) is 20.1. The number of hydrogen-bond donors (Lipinski definition) is 0. The summed E-state index contributed by atoms with van der Waals surface area (Å²) in [7, 11) is 0. The fourth-order valence-corrected chi connectivity index (χ4v) is 8.75. The quantitative estimate of drug-likeness (QED) is 0.0344. The SMILES string of the molecule is CCCCCCCCCCCCCCCCCCCCC(=O)O[C@H](COC(=O)CCCCCCCCCCCCCCCCC)COC(=O)CCCCCCCCCCCC(C)C. The molecule has 63 heavy (non-hydrogen) atoms. The Bertz CT molecular complexity index is 949. The summed E-state index contributed by atoms with van der Waals surface area (Å²) >= 11 is 0. The van der Waals surface area contributed by atoms with Crippen molar-refractivity contribution in [2.75, 3.05) is 13.2 Å². The zero-order valence-corrected chi connectivity index (χ0v) is 43.0. The molecule has 6 nitrogen and oxygen atoms in total. The molecule has 0 saturated heterocycles.